The van der Waals surface area contributed by atoms with Crippen molar-refractivity contribution in [2.45, 2.75) is 0 Å². The van der Waals surface area contributed by atoms with Crippen molar-refractivity contribution in [1.29, 1.82) is 0 Å². The molecular formula is C8H6BrIO2. The SMILES string of the molecule is COC(=O)c1cc(I)ccc1Br. The highest BCUT2D eigenvalue weighted by Gasteiger charge is 2.09. The molecule has 2 nitrogen and oxygen atoms in total. The van der Waals surface area contributed by atoms with Gasteiger partial charge in [0.15, 0.2) is 0 Å². The fourth-order valence-corrected chi connectivity index (χ4v) is 1.66. The molecule has 0 atom stereocenters. The summed E-state index contributed by atoms with van der Waals surface area (Å²) in [7, 11) is 1.37. The molecule has 0 aliphatic rings. The predicted molar refractivity (Wildman–Crippen MR) is 58.2 cm³/mol. The number of carbonyl (C=O) groups excluding carboxylic acids is 1. The first-order valence-corrected chi connectivity index (χ1v) is 5.05. The Balaban J connectivity index is 3.13. The maximum Gasteiger partial charge on any atom is 0.339 e. The lowest BCUT2D eigenvalue weighted by Gasteiger charge is -2.01. The summed E-state index contributed by atoms with van der Waals surface area (Å²) >= 11 is 5.41. The van der Waals surface area contributed by atoms with E-state index in [2.05, 4.69) is 43.3 Å². The lowest BCUT2D eigenvalue weighted by Crippen LogP contribution is -2.02. The minimum Gasteiger partial charge on any atom is -0.465 e. The molecule has 0 saturated carbocycles. The maximum atomic E-state index is 11.1. The van der Waals surface area contributed by atoms with Crippen LogP contribution in [0.1, 0.15) is 10.4 Å². The van der Waals surface area contributed by atoms with Gasteiger partial charge in [-0.15, -0.1) is 0 Å². The van der Waals surface area contributed by atoms with E-state index in [1.807, 2.05) is 12.1 Å². The van der Waals surface area contributed by atoms with Gasteiger partial charge in [-0.1, -0.05) is 0 Å². The molecule has 0 radical (unpaired) electrons. The molecule has 1 aromatic carbocycles. The summed E-state index contributed by atoms with van der Waals surface area (Å²) in [5.74, 6) is -0.319. The highest BCUT2D eigenvalue weighted by atomic mass is 127. The minimum absolute atomic E-state index is 0.319. The number of rotatable bonds is 1. The molecule has 1 aromatic rings. The molecule has 0 saturated heterocycles. The third-order valence-electron chi connectivity index (χ3n) is 1.33. The Kier molecular flexibility index (Phi) is 3.52. The first-order valence-electron chi connectivity index (χ1n) is 3.18. The molecule has 0 unspecified atom stereocenters. The zero-order valence-electron chi connectivity index (χ0n) is 6.30. The Morgan fingerprint density at radius 1 is 1.58 bits per heavy atom. The van der Waals surface area contributed by atoms with Crippen molar-refractivity contribution in [1.82, 2.24) is 0 Å². The third-order valence-corrected chi connectivity index (χ3v) is 2.70. The van der Waals surface area contributed by atoms with E-state index in [-0.39, 0.29) is 5.97 Å². The topological polar surface area (TPSA) is 26.3 Å². The summed E-state index contributed by atoms with van der Waals surface area (Å²) in [4.78, 5) is 11.1. The van der Waals surface area contributed by atoms with Crippen LogP contribution in [0.25, 0.3) is 0 Å². The predicted octanol–water partition coefficient (Wildman–Crippen LogP) is 2.84. The number of halogens is 2. The molecule has 4 heteroatoms. The minimum atomic E-state index is -0.319. The summed E-state index contributed by atoms with van der Waals surface area (Å²) in [5.41, 5.74) is 0.560. The number of carbonyl (C=O) groups is 1. The second-order valence-corrected chi connectivity index (χ2v) is 4.22. The summed E-state index contributed by atoms with van der Waals surface area (Å²) in [6.07, 6.45) is 0. The van der Waals surface area contributed by atoms with Gasteiger partial charge in [-0.2, -0.15) is 0 Å². The largest absolute Gasteiger partial charge is 0.465 e. The second kappa shape index (κ2) is 4.23. The number of esters is 1. The average molecular weight is 341 g/mol. The molecule has 0 heterocycles. The van der Waals surface area contributed by atoms with E-state index in [1.165, 1.54) is 7.11 Å². The smallest absolute Gasteiger partial charge is 0.339 e. The van der Waals surface area contributed by atoms with Crippen molar-refractivity contribution >= 4 is 44.5 Å². The molecule has 0 bridgehead atoms. The molecule has 0 amide bonds. The number of hydrogen-bond acceptors (Lipinski definition) is 2. The van der Waals surface area contributed by atoms with E-state index in [0.717, 1.165) is 8.04 Å². The third kappa shape index (κ3) is 2.20. The zero-order chi connectivity index (χ0) is 9.14. The molecule has 12 heavy (non-hydrogen) atoms. The average Bonchev–Trinajstić information content (AvgIpc) is 2.08. The molecule has 1 rings (SSSR count). The van der Waals surface area contributed by atoms with Crippen molar-refractivity contribution in [2.24, 2.45) is 0 Å². The molecule has 0 aliphatic heterocycles. The van der Waals surface area contributed by atoms with Crippen LogP contribution in [0.2, 0.25) is 0 Å². The first kappa shape index (κ1) is 9.98. The van der Waals surface area contributed by atoms with Crippen molar-refractivity contribution in [2.75, 3.05) is 7.11 Å². The Bertz CT molecular complexity index is 312. The summed E-state index contributed by atoms with van der Waals surface area (Å²) in [5, 5.41) is 0. The zero-order valence-corrected chi connectivity index (χ0v) is 10.0. The van der Waals surface area contributed by atoms with Gasteiger partial charge in [0.2, 0.25) is 0 Å². The van der Waals surface area contributed by atoms with Gasteiger partial charge in [-0.25, -0.2) is 4.79 Å². The number of methoxy groups -OCH3 is 1. The summed E-state index contributed by atoms with van der Waals surface area (Å²) < 4.78 is 6.37. The molecular weight excluding hydrogens is 335 g/mol. The second-order valence-electron chi connectivity index (χ2n) is 2.12. The highest BCUT2D eigenvalue weighted by Crippen LogP contribution is 2.19. The quantitative estimate of drug-likeness (QED) is 0.580. The van der Waals surface area contributed by atoms with Gasteiger partial charge in [-0.05, 0) is 56.7 Å². The van der Waals surface area contributed by atoms with E-state index in [9.17, 15) is 4.79 Å². The van der Waals surface area contributed by atoms with Crippen LogP contribution in [-0.2, 0) is 4.74 Å². The van der Waals surface area contributed by atoms with E-state index >= 15 is 0 Å². The normalized spacial score (nSPS) is 9.58. The maximum absolute atomic E-state index is 11.1. The standard InChI is InChI=1S/C8H6BrIO2/c1-12-8(11)6-4-5(10)2-3-7(6)9/h2-4H,1H3. The van der Waals surface area contributed by atoms with Crippen molar-refractivity contribution < 1.29 is 9.53 Å². The van der Waals surface area contributed by atoms with Gasteiger partial charge >= 0.3 is 5.97 Å². The van der Waals surface area contributed by atoms with Crippen LogP contribution in [0.15, 0.2) is 22.7 Å². The van der Waals surface area contributed by atoms with Gasteiger partial charge < -0.3 is 4.74 Å². The van der Waals surface area contributed by atoms with Crippen LogP contribution in [0, 0.1) is 3.57 Å². The summed E-state index contributed by atoms with van der Waals surface area (Å²) in [6.45, 7) is 0. The Labute approximate surface area is 92.6 Å². The first-order chi connectivity index (χ1) is 5.65. The van der Waals surface area contributed by atoms with E-state index in [0.29, 0.717) is 5.56 Å². The molecule has 0 N–H and O–H groups in total. The van der Waals surface area contributed by atoms with E-state index in [4.69, 9.17) is 0 Å². The molecule has 64 valence electrons. The van der Waals surface area contributed by atoms with Crippen molar-refractivity contribution in [3.63, 3.8) is 0 Å². The highest BCUT2D eigenvalue weighted by molar-refractivity contribution is 14.1. The van der Waals surface area contributed by atoms with Crippen molar-refractivity contribution in [3.05, 3.63) is 31.8 Å². The Morgan fingerprint density at radius 3 is 2.83 bits per heavy atom. The van der Waals surface area contributed by atoms with Gasteiger partial charge in [0.05, 0.1) is 12.7 Å². The van der Waals surface area contributed by atoms with Crippen LogP contribution in [0.3, 0.4) is 0 Å². The Morgan fingerprint density at radius 2 is 2.25 bits per heavy atom. The number of ether oxygens (including phenoxy) is 1. The lowest BCUT2D eigenvalue weighted by molar-refractivity contribution is 0.0599. The Hall–Kier alpha value is -0.100. The lowest BCUT2D eigenvalue weighted by atomic mass is 10.2. The number of benzene rings is 1. The van der Waals surface area contributed by atoms with Gasteiger partial charge in [-0.3, -0.25) is 0 Å². The van der Waals surface area contributed by atoms with Crippen molar-refractivity contribution in [3.8, 4) is 0 Å². The van der Waals surface area contributed by atoms with E-state index < -0.39 is 0 Å². The van der Waals surface area contributed by atoms with Gasteiger partial charge in [0.25, 0.3) is 0 Å². The van der Waals surface area contributed by atoms with Gasteiger partial charge in [0.1, 0.15) is 0 Å². The summed E-state index contributed by atoms with van der Waals surface area (Å²) in [6, 6.07) is 5.52. The fraction of sp³-hybridized carbons (Fsp3) is 0.125. The van der Waals surface area contributed by atoms with Crippen LogP contribution < -0.4 is 0 Å². The fourth-order valence-electron chi connectivity index (χ4n) is 0.764. The molecule has 0 aliphatic carbocycles. The number of hydrogen-bond donors (Lipinski definition) is 0. The van der Waals surface area contributed by atoms with Crippen LogP contribution in [0.5, 0.6) is 0 Å². The van der Waals surface area contributed by atoms with Crippen LogP contribution in [-0.4, -0.2) is 13.1 Å². The molecule has 0 fully saturated rings. The van der Waals surface area contributed by atoms with Crippen LogP contribution in [0.4, 0.5) is 0 Å². The monoisotopic (exact) mass is 340 g/mol. The van der Waals surface area contributed by atoms with E-state index in [1.54, 1.807) is 6.07 Å². The molecule has 0 spiro atoms. The molecule has 0 aromatic heterocycles. The van der Waals surface area contributed by atoms with Gasteiger partial charge in [0, 0.05) is 8.04 Å². The van der Waals surface area contributed by atoms with Crippen LogP contribution >= 0.6 is 38.5 Å².